The third kappa shape index (κ3) is 2.02. The highest BCUT2D eigenvalue weighted by Gasteiger charge is 2.47. The Kier molecular flexibility index (Phi) is 3.34. The van der Waals surface area contributed by atoms with Gasteiger partial charge in [0.2, 0.25) is 0 Å². The Morgan fingerprint density at radius 3 is 2.76 bits per heavy atom. The summed E-state index contributed by atoms with van der Waals surface area (Å²) in [5.74, 6) is -0.365. The van der Waals surface area contributed by atoms with Crippen LogP contribution in [0.4, 0.5) is 4.39 Å². The summed E-state index contributed by atoms with van der Waals surface area (Å²) in [4.78, 5) is 0. The molecule has 0 spiro atoms. The molecule has 1 fully saturated rings. The van der Waals surface area contributed by atoms with Crippen LogP contribution in [0.3, 0.4) is 0 Å². The molecule has 1 saturated heterocycles. The van der Waals surface area contributed by atoms with Gasteiger partial charge < -0.3 is 10.1 Å². The van der Waals surface area contributed by atoms with Gasteiger partial charge in [-0.25, -0.2) is 4.39 Å². The van der Waals surface area contributed by atoms with E-state index in [-0.39, 0.29) is 5.82 Å². The number of nitrogens with one attached hydrogen (secondary N) is 1. The zero-order valence-corrected chi connectivity index (χ0v) is 10.1. The van der Waals surface area contributed by atoms with Gasteiger partial charge in [-0.3, -0.25) is 0 Å². The van der Waals surface area contributed by atoms with E-state index >= 15 is 0 Å². The van der Waals surface area contributed by atoms with Crippen molar-refractivity contribution in [2.75, 3.05) is 20.3 Å². The van der Waals surface area contributed by atoms with Gasteiger partial charge in [0.05, 0.1) is 25.3 Å². The Bertz CT molecular complexity index is 468. The first-order valence-corrected chi connectivity index (χ1v) is 5.62. The van der Waals surface area contributed by atoms with E-state index < -0.39 is 11.5 Å². The summed E-state index contributed by atoms with van der Waals surface area (Å²) in [6.07, 6.45) is 0. The first kappa shape index (κ1) is 12.3. The van der Waals surface area contributed by atoms with Gasteiger partial charge in [-0.1, -0.05) is 11.6 Å². The van der Waals surface area contributed by atoms with Crippen LogP contribution in [0.2, 0.25) is 5.02 Å². The molecule has 1 N–H and O–H groups in total. The number of halogens is 2. The summed E-state index contributed by atoms with van der Waals surface area (Å²) < 4.78 is 18.9. The summed E-state index contributed by atoms with van der Waals surface area (Å²) in [5.41, 5.74) is -0.301. The Hall–Kier alpha value is -1.15. The number of hydrogen-bond acceptors (Lipinski definition) is 3. The van der Waals surface area contributed by atoms with Crippen molar-refractivity contribution in [2.24, 2.45) is 5.41 Å². The van der Waals surface area contributed by atoms with E-state index in [2.05, 4.69) is 11.4 Å². The second-order valence-corrected chi connectivity index (χ2v) is 4.58. The fourth-order valence-corrected chi connectivity index (χ4v) is 2.26. The SMILES string of the molecule is CNC(c1cc(Cl)ccc1F)C1(C#N)COC1. The van der Waals surface area contributed by atoms with Crippen LogP contribution in [0.5, 0.6) is 0 Å². The van der Waals surface area contributed by atoms with E-state index in [1.54, 1.807) is 13.1 Å². The third-order valence-corrected chi connectivity index (χ3v) is 3.29. The first-order valence-electron chi connectivity index (χ1n) is 5.24. The fraction of sp³-hybridized carbons (Fsp3) is 0.417. The summed E-state index contributed by atoms with van der Waals surface area (Å²) in [6.45, 7) is 0.613. The molecule has 5 heteroatoms. The van der Waals surface area contributed by atoms with Crippen LogP contribution < -0.4 is 5.32 Å². The van der Waals surface area contributed by atoms with Crippen LogP contribution in [0, 0.1) is 22.6 Å². The predicted octanol–water partition coefficient (Wildman–Crippen LogP) is 2.28. The maximum atomic E-state index is 13.8. The number of ether oxygens (including phenoxy) is 1. The van der Waals surface area contributed by atoms with Crippen LogP contribution in [0.1, 0.15) is 11.6 Å². The summed E-state index contributed by atoms with van der Waals surface area (Å²) >= 11 is 5.86. The van der Waals surface area contributed by atoms with Crippen LogP contribution in [-0.4, -0.2) is 20.3 Å². The van der Waals surface area contributed by atoms with Gasteiger partial charge >= 0.3 is 0 Å². The zero-order chi connectivity index (χ0) is 12.5. The Morgan fingerprint density at radius 1 is 1.59 bits per heavy atom. The molecular formula is C12H12ClFN2O. The van der Waals surface area contributed by atoms with E-state index in [1.165, 1.54) is 12.1 Å². The molecule has 3 nitrogen and oxygen atoms in total. The fourth-order valence-electron chi connectivity index (χ4n) is 2.08. The number of nitrogens with zero attached hydrogens (tertiary/aromatic N) is 1. The van der Waals surface area contributed by atoms with Gasteiger partial charge in [-0.15, -0.1) is 0 Å². The molecule has 1 aliphatic heterocycles. The van der Waals surface area contributed by atoms with Crippen LogP contribution >= 0.6 is 11.6 Å². The van der Waals surface area contributed by atoms with E-state index in [0.29, 0.717) is 23.8 Å². The first-order chi connectivity index (χ1) is 8.13. The second-order valence-electron chi connectivity index (χ2n) is 4.15. The molecule has 0 aromatic heterocycles. The third-order valence-electron chi connectivity index (χ3n) is 3.05. The quantitative estimate of drug-likeness (QED) is 0.900. The standard InChI is InChI=1S/C12H12ClFN2O/c1-16-11(12(5-15)6-17-7-12)9-4-8(13)2-3-10(9)14/h2-4,11,16H,6-7H2,1H3. The highest BCUT2D eigenvalue weighted by Crippen LogP contribution is 2.41. The lowest BCUT2D eigenvalue weighted by Gasteiger charge is -2.41. The predicted molar refractivity (Wildman–Crippen MR) is 62.1 cm³/mol. The molecule has 1 atom stereocenters. The van der Waals surface area contributed by atoms with Gasteiger partial charge in [0, 0.05) is 10.6 Å². The Labute approximate surface area is 104 Å². The summed E-state index contributed by atoms with van der Waals surface area (Å²) in [5, 5.41) is 12.7. The molecule has 1 aromatic carbocycles. The zero-order valence-electron chi connectivity index (χ0n) is 9.34. The minimum absolute atomic E-state index is 0.307. The lowest BCUT2D eigenvalue weighted by molar-refractivity contribution is -0.0968. The molecule has 1 unspecified atom stereocenters. The van der Waals surface area contributed by atoms with Crippen LogP contribution in [0.25, 0.3) is 0 Å². The molecule has 1 heterocycles. The summed E-state index contributed by atoms with van der Waals surface area (Å²) in [7, 11) is 1.70. The van der Waals surface area contributed by atoms with Crippen molar-refractivity contribution in [1.82, 2.24) is 5.32 Å². The topological polar surface area (TPSA) is 45.0 Å². The van der Waals surface area contributed by atoms with Gasteiger partial charge in [-0.2, -0.15) is 5.26 Å². The highest BCUT2D eigenvalue weighted by molar-refractivity contribution is 6.30. The number of hydrogen-bond donors (Lipinski definition) is 1. The van der Waals surface area contributed by atoms with E-state index in [0.717, 1.165) is 0 Å². The van der Waals surface area contributed by atoms with E-state index in [4.69, 9.17) is 16.3 Å². The maximum Gasteiger partial charge on any atom is 0.128 e. The second kappa shape index (κ2) is 4.61. The van der Waals surface area contributed by atoms with Crippen molar-refractivity contribution in [2.45, 2.75) is 6.04 Å². The molecule has 90 valence electrons. The number of rotatable bonds is 3. The van der Waals surface area contributed by atoms with E-state index in [9.17, 15) is 9.65 Å². The molecule has 2 rings (SSSR count). The average Bonchev–Trinajstić information content (AvgIpc) is 2.27. The number of benzene rings is 1. The van der Waals surface area contributed by atoms with Crippen LogP contribution in [-0.2, 0) is 4.74 Å². The summed E-state index contributed by atoms with van der Waals surface area (Å²) in [6, 6.07) is 6.15. The van der Waals surface area contributed by atoms with Crippen LogP contribution in [0.15, 0.2) is 18.2 Å². The average molecular weight is 255 g/mol. The Balaban J connectivity index is 2.42. The Morgan fingerprint density at radius 2 is 2.29 bits per heavy atom. The molecule has 17 heavy (non-hydrogen) atoms. The largest absolute Gasteiger partial charge is 0.378 e. The molecule has 1 aromatic rings. The lowest BCUT2D eigenvalue weighted by Crippen LogP contribution is -2.50. The van der Waals surface area contributed by atoms with Gasteiger partial charge in [-0.05, 0) is 25.2 Å². The van der Waals surface area contributed by atoms with Crippen molar-refractivity contribution in [3.63, 3.8) is 0 Å². The molecule has 0 bridgehead atoms. The van der Waals surface area contributed by atoms with Crippen molar-refractivity contribution in [1.29, 1.82) is 5.26 Å². The maximum absolute atomic E-state index is 13.8. The van der Waals surface area contributed by atoms with Crippen molar-refractivity contribution < 1.29 is 9.13 Å². The van der Waals surface area contributed by atoms with E-state index in [1.807, 2.05) is 0 Å². The number of nitriles is 1. The molecule has 0 radical (unpaired) electrons. The minimum atomic E-state index is -0.708. The highest BCUT2D eigenvalue weighted by atomic mass is 35.5. The molecular weight excluding hydrogens is 243 g/mol. The van der Waals surface area contributed by atoms with Gasteiger partial charge in [0.15, 0.2) is 0 Å². The van der Waals surface area contributed by atoms with Gasteiger partial charge in [0.1, 0.15) is 11.2 Å². The molecule has 0 saturated carbocycles. The molecule has 1 aliphatic rings. The molecule has 0 aliphatic carbocycles. The lowest BCUT2D eigenvalue weighted by atomic mass is 9.76. The normalized spacial score (nSPS) is 19.2. The van der Waals surface area contributed by atoms with Crippen molar-refractivity contribution in [3.05, 3.63) is 34.6 Å². The molecule has 0 amide bonds. The monoisotopic (exact) mass is 254 g/mol. The smallest absolute Gasteiger partial charge is 0.128 e. The van der Waals surface area contributed by atoms with Crippen molar-refractivity contribution >= 4 is 11.6 Å². The van der Waals surface area contributed by atoms with Gasteiger partial charge in [0.25, 0.3) is 0 Å². The minimum Gasteiger partial charge on any atom is -0.378 e. The van der Waals surface area contributed by atoms with Crippen molar-refractivity contribution in [3.8, 4) is 6.07 Å².